The van der Waals surface area contributed by atoms with Crippen molar-refractivity contribution in [2.75, 3.05) is 11.9 Å². The number of urea groups is 1. The molecular weight excluding hydrogens is 297 g/mol. The molecule has 2 N–H and O–H groups in total. The molecule has 5 nitrogen and oxygen atoms in total. The van der Waals surface area contributed by atoms with E-state index >= 15 is 0 Å². The number of rotatable bonds is 4. The monoisotopic (exact) mass is 315 g/mol. The minimum absolute atomic E-state index is 0.111. The van der Waals surface area contributed by atoms with Gasteiger partial charge in [0.25, 0.3) is 0 Å². The van der Waals surface area contributed by atoms with Crippen molar-refractivity contribution in [2.24, 2.45) is 0 Å². The van der Waals surface area contributed by atoms with E-state index in [9.17, 15) is 9.18 Å². The molecule has 0 saturated carbocycles. The Kier molecular flexibility index (Phi) is 4.83. The SMILES string of the molecule is O=C(Nc1cccnc1)N[C@@H](c1ccc(F)cc1)[C@H]1CCCO1. The van der Waals surface area contributed by atoms with E-state index in [2.05, 4.69) is 15.6 Å². The summed E-state index contributed by atoms with van der Waals surface area (Å²) >= 11 is 0. The summed E-state index contributed by atoms with van der Waals surface area (Å²) in [6, 6.07) is 8.95. The van der Waals surface area contributed by atoms with Crippen LogP contribution in [-0.2, 0) is 4.74 Å². The van der Waals surface area contributed by atoms with Crippen LogP contribution in [-0.4, -0.2) is 23.7 Å². The number of hydrogen-bond donors (Lipinski definition) is 2. The van der Waals surface area contributed by atoms with Crippen molar-refractivity contribution >= 4 is 11.7 Å². The zero-order chi connectivity index (χ0) is 16.1. The van der Waals surface area contributed by atoms with Gasteiger partial charge >= 0.3 is 6.03 Å². The second-order valence-corrected chi connectivity index (χ2v) is 5.42. The highest BCUT2D eigenvalue weighted by molar-refractivity contribution is 5.89. The lowest BCUT2D eigenvalue weighted by molar-refractivity contribution is 0.0815. The fourth-order valence-electron chi connectivity index (χ4n) is 2.67. The first-order chi connectivity index (χ1) is 11.2. The lowest BCUT2D eigenvalue weighted by atomic mass is 9.99. The second-order valence-electron chi connectivity index (χ2n) is 5.42. The van der Waals surface area contributed by atoms with Crippen molar-refractivity contribution in [1.82, 2.24) is 10.3 Å². The van der Waals surface area contributed by atoms with Crippen LogP contribution in [0.4, 0.5) is 14.9 Å². The van der Waals surface area contributed by atoms with Gasteiger partial charge in [0.1, 0.15) is 5.82 Å². The maximum absolute atomic E-state index is 13.1. The zero-order valence-electron chi connectivity index (χ0n) is 12.5. The number of aromatic nitrogens is 1. The summed E-state index contributed by atoms with van der Waals surface area (Å²) in [5.41, 5.74) is 1.43. The van der Waals surface area contributed by atoms with E-state index in [4.69, 9.17) is 4.74 Å². The Balaban J connectivity index is 1.73. The van der Waals surface area contributed by atoms with Crippen molar-refractivity contribution in [3.05, 3.63) is 60.2 Å². The Morgan fingerprint density at radius 3 is 2.78 bits per heavy atom. The van der Waals surface area contributed by atoms with Gasteiger partial charge in [-0.2, -0.15) is 0 Å². The van der Waals surface area contributed by atoms with Gasteiger partial charge in [0.15, 0.2) is 0 Å². The van der Waals surface area contributed by atoms with Crippen LogP contribution >= 0.6 is 0 Å². The number of hydrogen-bond acceptors (Lipinski definition) is 3. The van der Waals surface area contributed by atoms with Gasteiger partial charge in [-0.05, 0) is 42.7 Å². The van der Waals surface area contributed by atoms with Crippen molar-refractivity contribution in [3.63, 3.8) is 0 Å². The third-order valence-electron chi connectivity index (χ3n) is 3.77. The molecule has 1 aromatic carbocycles. The smallest absolute Gasteiger partial charge is 0.319 e. The molecule has 1 fully saturated rings. The molecule has 6 heteroatoms. The summed E-state index contributed by atoms with van der Waals surface area (Å²) in [6.07, 6.45) is 4.90. The van der Waals surface area contributed by atoms with E-state index in [-0.39, 0.29) is 24.0 Å². The largest absolute Gasteiger partial charge is 0.376 e. The molecule has 0 radical (unpaired) electrons. The molecule has 2 amide bonds. The number of pyridine rings is 1. The Labute approximate surface area is 133 Å². The van der Waals surface area contributed by atoms with Gasteiger partial charge in [0.2, 0.25) is 0 Å². The van der Waals surface area contributed by atoms with Crippen molar-refractivity contribution in [3.8, 4) is 0 Å². The molecule has 1 aliphatic rings. The number of ether oxygens (including phenoxy) is 1. The van der Waals surface area contributed by atoms with Crippen LogP contribution in [0.2, 0.25) is 0 Å². The van der Waals surface area contributed by atoms with Crippen LogP contribution in [0, 0.1) is 5.82 Å². The van der Waals surface area contributed by atoms with Gasteiger partial charge in [0.05, 0.1) is 24.0 Å². The van der Waals surface area contributed by atoms with Crippen LogP contribution in [0.25, 0.3) is 0 Å². The van der Waals surface area contributed by atoms with Gasteiger partial charge < -0.3 is 15.4 Å². The number of carbonyl (C=O) groups excluding carboxylic acids is 1. The number of amides is 2. The van der Waals surface area contributed by atoms with E-state index in [1.54, 1.807) is 36.7 Å². The minimum Gasteiger partial charge on any atom is -0.376 e. The molecule has 0 bridgehead atoms. The summed E-state index contributed by atoms with van der Waals surface area (Å²) in [6.45, 7) is 0.675. The van der Waals surface area contributed by atoms with E-state index < -0.39 is 0 Å². The molecule has 1 aromatic heterocycles. The number of benzene rings is 1. The fraction of sp³-hybridized carbons (Fsp3) is 0.294. The van der Waals surface area contributed by atoms with Gasteiger partial charge in [0, 0.05) is 12.8 Å². The molecule has 1 saturated heterocycles. The number of anilines is 1. The number of carbonyl (C=O) groups is 1. The van der Waals surface area contributed by atoms with Gasteiger partial charge in [-0.3, -0.25) is 4.98 Å². The first-order valence-corrected chi connectivity index (χ1v) is 7.57. The Bertz CT molecular complexity index is 643. The van der Waals surface area contributed by atoms with Crippen molar-refractivity contribution in [1.29, 1.82) is 0 Å². The Morgan fingerprint density at radius 1 is 1.30 bits per heavy atom. The van der Waals surface area contributed by atoms with Crippen molar-refractivity contribution in [2.45, 2.75) is 25.0 Å². The lowest BCUT2D eigenvalue weighted by Gasteiger charge is -2.25. The van der Waals surface area contributed by atoms with E-state index in [0.717, 1.165) is 18.4 Å². The molecule has 23 heavy (non-hydrogen) atoms. The molecule has 1 aliphatic heterocycles. The second kappa shape index (κ2) is 7.19. The van der Waals surface area contributed by atoms with Crippen LogP contribution in [0.3, 0.4) is 0 Å². The normalized spacial score (nSPS) is 18.4. The maximum atomic E-state index is 13.1. The molecule has 2 heterocycles. The molecule has 3 rings (SSSR count). The summed E-state index contributed by atoms with van der Waals surface area (Å²) in [5, 5.41) is 5.65. The first kappa shape index (κ1) is 15.4. The Morgan fingerprint density at radius 2 is 2.13 bits per heavy atom. The maximum Gasteiger partial charge on any atom is 0.319 e. The Hall–Kier alpha value is -2.47. The highest BCUT2D eigenvalue weighted by Crippen LogP contribution is 2.27. The van der Waals surface area contributed by atoms with Gasteiger partial charge in [-0.1, -0.05) is 12.1 Å². The highest BCUT2D eigenvalue weighted by Gasteiger charge is 2.28. The quantitative estimate of drug-likeness (QED) is 0.910. The predicted molar refractivity (Wildman–Crippen MR) is 84.5 cm³/mol. The fourth-order valence-corrected chi connectivity index (χ4v) is 2.67. The standard InChI is InChI=1S/C17H18FN3O2/c18-13-7-5-12(6-8-13)16(15-4-2-10-23-15)21-17(22)20-14-3-1-9-19-11-14/h1,3,5-9,11,15-16H,2,4,10H2,(H2,20,21,22)/t15-,16+/m1/s1. The van der Waals surface area contributed by atoms with Crippen LogP contribution in [0.5, 0.6) is 0 Å². The van der Waals surface area contributed by atoms with Gasteiger partial charge in [-0.15, -0.1) is 0 Å². The summed E-state index contributed by atoms with van der Waals surface area (Å²) in [4.78, 5) is 16.2. The molecule has 0 spiro atoms. The van der Waals surface area contributed by atoms with E-state index in [1.165, 1.54) is 12.1 Å². The summed E-state index contributed by atoms with van der Waals surface area (Å²) in [5.74, 6) is -0.306. The third kappa shape index (κ3) is 4.04. The van der Waals surface area contributed by atoms with E-state index in [0.29, 0.717) is 12.3 Å². The van der Waals surface area contributed by atoms with Crippen LogP contribution in [0.1, 0.15) is 24.4 Å². The number of halogens is 1. The zero-order valence-corrected chi connectivity index (χ0v) is 12.5. The average molecular weight is 315 g/mol. The van der Waals surface area contributed by atoms with Crippen LogP contribution < -0.4 is 10.6 Å². The molecule has 120 valence electrons. The first-order valence-electron chi connectivity index (χ1n) is 7.57. The molecule has 0 aliphatic carbocycles. The van der Waals surface area contributed by atoms with Gasteiger partial charge in [-0.25, -0.2) is 9.18 Å². The third-order valence-corrected chi connectivity index (χ3v) is 3.77. The molecule has 0 unspecified atom stereocenters. The molecule has 2 atom stereocenters. The number of nitrogens with one attached hydrogen (secondary N) is 2. The van der Waals surface area contributed by atoms with E-state index in [1.807, 2.05) is 0 Å². The van der Waals surface area contributed by atoms with Crippen LogP contribution in [0.15, 0.2) is 48.8 Å². The molecule has 2 aromatic rings. The summed E-state index contributed by atoms with van der Waals surface area (Å²) in [7, 11) is 0. The average Bonchev–Trinajstić information content (AvgIpc) is 3.09. The van der Waals surface area contributed by atoms with Crippen molar-refractivity contribution < 1.29 is 13.9 Å². The summed E-state index contributed by atoms with van der Waals surface area (Å²) < 4.78 is 18.8. The highest BCUT2D eigenvalue weighted by atomic mass is 19.1. The topological polar surface area (TPSA) is 63.2 Å². The molecular formula is C17H18FN3O2. The predicted octanol–water partition coefficient (Wildman–Crippen LogP) is 3.26. The lowest BCUT2D eigenvalue weighted by Crippen LogP contribution is -2.38. The minimum atomic E-state index is -0.345. The number of nitrogens with zero attached hydrogens (tertiary/aromatic N) is 1.